The second-order valence-corrected chi connectivity index (χ2v) is 6.82. The summed E-state index contributed by atoms with van der Waals surface area (Å²) in [7, 11) is 0. The van der Waals surface area contributed by atoms with Gasteiger partial charge >= 0.3 is 0 Å². The highest BCUT2D eigenvalue weighted by Gasteiger charge is 2.08. The van der Waals surface area contributed by atoms with Crippen LogP contribution in [0.3, 0.4) is 0 Å². The van der Waals surface area contributed by atoms with Crippen LogP contribution in [0.5, 0.6) is 5.75 Å². The fourth-order valence-electron chi connectivity index (χ4n) is 2.23. The molecule has 2 N–H and O–H groups in total. The van der Waals surface area contributed by atoms with E-state index in [1.807, 2.05) is 62.4 Å². The van der Waals surface area contributed by atoms with E-state index in [-0.39, 0.29) is 11.7 Å². The van der Waals surface area contributed by atoms with Gasteiger partial charge in [-0.25, -0.2) is 4.98 Å². The molecule has 3 rings (SSSR count). The molecule has 6 nitrogen and oxygen atoms in total. The van der Waals surface area contributed by atoms with Gasteiger partial charge in [0.25, 0.3) is 0 Å². The van der Waals surface area contributed by atoms with Gasteiger partial charge in [0.1, 0.15) is 12.4 Å². The quantitative estimate of drug-likeness (QED) is 0.621. The molecule has 1 aromatic heterocycles. The first kappa shape index (κ1) is 18.0. The molecule has 3 aromatic rings. The predicted octanol–water partition coefficient (Wildman–Crippen LogP) is 3.73. The number of nitrogens with one attached hydrogen (secondary N) is 2. The number of ether oxygens (including phenoxy) is 1. The fourth-order valence-corrected chi connectivity index (χ4v) is 2.85. The molecule has 1 amide bonds. The number of anilines is 1. The lowest BCUT2D eigenvalue weighted by Crippen LogP contribution is -2.14. The predicted molar refractivity (Wildman–Crippen MR) is 102 cm³/mol. The van der Waals surface area contributed by atoms with Crippen LogP contribution >= 0.6 is 11.8 Å². The van der Waals surface area contributed by atoms with E-state index >= 15 is 0 Å². The highest BCUT2D eigenvalue weighted by molar-refractivity contribution is 7.99. The Bertz CT molecular complexity index is 877. The Morgan fingerprint density at radius 3 is 2.73 bits per heavy atom. The number of nitrogens with zero attached hydrogens (tertiary/aromatic N) is 2. The van der Waals surface area contributed by atoms with Gasteiger partial charge in [-0.2, -0.15) is 0 Å². The van der Waals surface area contributed by atoms with Crippen LogP contribution in [-0.2, 0) is 11.4 Å². The van der Waals surface area contributed by atoms with E-state index in [0.29, 0.717) is 17.6 Å². The van der Waals surface area contributed by atoms with Crippen molar-refractivity contribution in [1.29, 1.82) is 0 Å². The zero-order chi connectivity index (χ0) is 18.4. The maximum atomic E-state index is 12.0. The van der Waals surface area contributed by atoms with Crippen LogP contribution in [0.4, 0.5) is 5.69 Å². The summed E-state index contributed by atoms with van der Waals surface area (Å²) in [5.74, 6) is 1.55. The summed E-state index contributed by atoms with van der Waals surface area (Å²) in [5.41, 5.74) is 3.07. The van der Waals surface area contributed by atoms with E-state index in [4.69, 9.17) is 4.74 Å². The van der Waals surface area contributed by atoms with Crippen molar-refractivity contribution in [2.45, 2.75) is 25.6 Å². The third kappa shape index (κ3) is 5.35. The maximum absolute atomic E-state index is 12.0. The molecule has 26 heavy (non-hydrogen) atoms. The van der Waals surface area contributed by atoms with Gasteiger partial charge < -0.3 is 10.1 Å². The van der Waals surface area contributed by atoms with Crippen molar-refractivity contribution in [3.8, 4) is 5.75 Å². The summed E-state index contributed by atoms with van der Waals surface area (Å²) in [6.07, 6.45) is 0. The summed E-state index contributed by atoms with van der Waals surface area (Å²) in [4.78, 5) is 16.3. The fraction of sp³-hybridized carbons (Fsp3) is 0.211. The average molecular weight is 368 g/mol. The second-order valence-electron chi connectivity index (χ2n) is 5.87. The topological polar surface area (TPSA) is 79.9 Å². The van der Waals surface area contributed by atoms with Gasteiger partial charge in [-0.1, -0.05) is 41.6 Å². The highest BCUT2D eigenvalue weighted by atomic mass is 32.2. The Hall–Kier alpha value is -2.80. The minimum absolute atomic E-state index is 0.0961. The number of rotatable bonds is 7. The van der Waals surface area contributed by atoms with Crippen LogP contribution in [0.15, 0.2) is 53.7 Å². The van der Waals surface area contributed by atoms with Gasteiger partial charge in [-0.15, -0.1) is 5.10 Å². The smallest absolute Gasteiger partial charge is 0.234 e. The molecule has 0 bridgehead atoms. The van der Waals surface area contributed by atoms with Crippen molar-refractivity contribution in [3.63, 3.8) is 0 Å². The van der Waals surface area contributed by atoms with Crippen molar-refractivity contribution in [2.75, 3.05) is 11.1 Å². The van der Waals surface area contributed by atoms with Crippen LogP contribution in [0.1, 0.15) is 17.0 Å². The number of thioether (sulfide) groups is 1. The third-order valence-corrected chi connectivity index (χ3v) is 4.39. The Kier molecular flexibility index (Phi) is 5.91. The Morgan fingerprint density at radius 2 is 1.96 bits per heavy atom. The Labute approximate surface area is 156 Å². The zero-order valence-electron chi connectivity index (χ0n) is 14.7. The first-order chi connectivity index (χ1) is 12.6. The molecule has 0 atom stereocenters. The average Bonchev–Trinajstić information content (AvgIpc) is 3.08. The van der Waals surface area contributed by atoms with Gasteiger partial charge in [0.15, 0.2) is 5.82 Å². The number of aromatic nitrogens is 3. The third-order valence-electron chi connectivity index (χ3n) is 3.54. The minimum atomic E-state index is -0.0961. The van der Waals surface area contributed by atoms with Crippen LogP contribution in [-0.4, -0.2) is 26.8 Å². The van der Waals surface area contributed by atoms with Crippen LogP contribution in [0.25, 0.3) is 0 Å². The number of carbonyl (C=O) groups excluding carboxylic acids is 1. The lowest BCUT2D eigenvalue weighted by Gasteiger charge is -2.04. The number of hydrogen-bond donors (Lipinski definition) is 2. The van der Waals surface area contributed by atoms with Crippen LogP contribution < -0.4 is 10.1 Å². The number of carbonyl (C=O) groups is 1. The molecule has 0 unspecified atom stereocenters. The summed E-state index contributed by atoms with van der Waals surface area (Å²) < 4.78 is 5.68. The van der Waals surface area contributed by atoms with Gasteiger partial charge in [-0.05, 0) is 43.7 Å². The van der Waals surface area contributed by atoms with Crippen molar-refractivity contribution in [2.24, 2.45) is 0 Å². The Balaban J connectivity index is 1.45. The second kappa shape index (κ2) is 8.53. The SMILES string of the molecule is Cc1ccc(NC(=O)CSc2n[nH]c(COc3cccc(C)c3)n2)cc1. The molecule has 0 fully saturated rings. The van der Waals surface area contributed by atoms with Crippen molar-refractivity contribution in [3.05, 3.63) is 65.5 Å². The van der Waals surface area contributed by atoms with Crippen molar-refractivity contribution in [1.82, 2.24) is 15.2 Å². The number of amides is 1. The standard InChI is InChI=1S/C19H20N4O2S/c1-13-6-8-15(9-7-13)20-18(24)12-26-19-21-17(22-23-19)11-25-16-5-3-4-14(2)10-16/h3-10H,11-12H2,1-2H3,(H,20,24)(H,21,22,23). The molecule has 0 aliphatic heterocycles. The van der Waals surface area contributed by atoms with Gasteiger partial charge in [-0.3, -0.25) is 9.89 Å². The normalized spacial score (nSPS) is 10.5. The first-order valence-corrected chi connectivity index (χ1v) is 9.17. The minimum Gasteiger partial charge on any atom is -0.486 e. The molecule has 0 saturated carbocycles. The number of aromatic amines is 1. The van der Waals surface area contributed by atoms with E-state index < -0.39 is 0 Å². The molecule has 1 heterocycles. The zero-order valence-corrected chi connectivity index (χ0v) is 15.5. The summed E-state index contributed by atoms with van der Waals surface area (Å²) in [6.45, 7) is 4.31. The monoisotopic (exact) mass is 368 g/mol. The lowest BCUT2D eigenvalue weighted by molar-refractivity contribution is -0.113. The highest BCUT2D eigenvalue weighted by Crippen LogP contribution is 2.16. The number of aryl methyl sites for hydroxylation is 2. The van der Waals surface area contributed by atoms with E-state index in [2.05, 4.69) is 20.5 Å². The van der Waals surface area contributed by atoms with E-state index in [0.717, 1.165) is 22.6 Å². The van der Waals surface area contributed by atoms with E-state index in [1.54, 1.807) is 0 Å². The molecule has 134 valence electrons. The van der Waals surface area contributed by atoms with Crippen molar-refractivity contribution >= 4 is 23.4 Å². The van der Waals surface area contributed by atoms with Gasteiger partial charge in [0.2, 0.25) is 11.1 Å². The summed E-state index contributed by atoms with van der Waals surface area (Å²) >= 11 is 1.27. The number of benzene rings is 2. The maximum Gasteiger partial charge on any atom is 0.234 e. The molecule has 0 spiro atoms. The summed E-state index contributed by atoms with van der Waals surface area (Å²) in [6, 6.07) is 15.5. The molecule has 2 aromatic carbocycles. The first-order valence-electron chi connectivity index (χ1n) is 8.18. The molecular formula is C19H20N4O2S. The van der Waals surface area contributed by atoms with E-state index in [1.165, 1.54) is 11.8 Å². The lowest BCUT2D eigenvalue weighted by atomic mass is 10.2. The molecule has 0 aliphatic carbocycles. The Morgan fingerprint density at radius 1 is 1.15 bits per heavy atom. The summed E-state index contributed by atoms with van der Waals surface area (Å²) in [5, 5.41) is 10.3. The van der Waals surface area contributed by atoms with Crippen LogP contribution in [0, 0.1) is 13.8 Å². The number of hydrogen-bond acceptors (Lipinski definition) is 5. The molecule has 7 heteroatoms. The largest absolute Gasteiger partial charge is 0.486 e. The molecule has 0 aliphatic rings. The molecule has 0 saturated heterocycles. The van der Waals surface area contributed by atoms with Crippen molar-refractivity contribution < 1.29 is 9.53 Å². The van der Waals surface area contributed by atoms with Gasteiger partial charge in [0, 0.05) is 5.69 Å². The van der Waals surface area contributed by atoms with Crippen LogP contribution in [0.2, 0.25) is 0 Å². The number of H-pyrrole nitrogens is 1. The molecule has 0 radical (unpaired) electrons. The van der Waals surface area contributed by atoms with Gasteiger partial charge in [0.05, 0.1) is 5.75 Å². The van der Waals surface area contributed by atoms with E-state index in [9.17, 15) is 4.79 Å². The molecular weight excluding hydrogens is 348 g/mol.